The molecule has 12 heteroatoms. The highest BCUT2D eigenvalue weighted by atomic mass is 19.1. The number of imidazole rings is 1. The number of aromatic nitrogens is 8. The van der Waals surface area contributed by atoms with E-state index in [0.29, 0.717) is 23.6 Å². The molecular weight excluding hydrogens is 513 g/mol. The molecule has 0 amide bonds. The van der Waals surface area contributed by atoms with Gasteiger partial charge in [0.2, 0.25) is 5.89 Å². The summed E-state index contributed by atoms with van der Waals surface area (Å²) in [5, 5.41) is 13.9. The molecule has 0 unspecified atom stereocenters. The van der Waals surface area contributed by atoms with Gasteiger partial charge in [-0.2, -0.15) is 9.78 Å². The Labute approximate surface area is 227 Å². The minimum Gasteiger partial charge on any atom is -0.389 e. The zero-order valence-corrected chi connectivity index (χ0v) is 22.0. The number of pyridine rings is 1. The van der Waals surface area contributed by atoms with E-state index in [-0.39, 0.29) is 18.0 Å². The third kappa shape index (κ3) is 3.63. The molecule has 0 fully saturated rings. The predicted molar refractivity (Wildman–Crippen MR) is 144 cm³/mol. The summed E-state index contributed by atoms with van der Waals surface area (Å²) in [5.41, 5.74) is 3.60. The Morgan fingerprint density at radius 3 is 2.67 bits per heavy atom. The molecule has 0 bridgehead atoms. The lowest BCUT2D eigenvalue weighted by Crippen LogP contribution is -2.51. The Balaban J connectivity index is 1.46. The van der Waals surface area contributed by atoms with Gasteiger partial charge < -0.3 is 14.4 Å². The number of rotatable bonds is 5. The van der Waals surface area contributed by atoms with Crippen LogP contribution in [0.3, 0.4) is 0 Å². The smallest absolute Gasteiger partial charge is 0.389 e. The van der Waals surface area contributed by atoms with Crippen molar-refractivity contribution >= 4 is 10.9 Å². The number of hydrogen-bond donors (Lipinski definition) is 3. The van der Waals surface area contributed by atoms with E-state index in [1.165, 1.54) is 16.9 Å². The van der Waals surface area contributed by atoms with Gasteiger partial charge in [0, 0.05) is 29.7 Å². The van der Waals surface area contributed by atoms with Gasteiger partial charge in [0.05, 0.1) is 47.8 Å². The van der Waals surface area contributed by atoms with E-state index < -0.39 is 17.1 Å². The molecule has 1 aliphatic heterocycles. The summed E-state index contributed by atoms with van der Waals surface area (Å²) in [5.74, 6) is -0.106. The number of halogens is 1. The van der Waals surface area contributed by atoms with Crippen LogP contribution in [-0.4, -0.2) is 39.5 Å². The van der Waals surface area contributed by atoms with E-state index in [9.17, 15) is 9.18 Å². The van der Waals surface area contributed by atoms with Crippen LogP contribution in [0.1, 0.15) is 54.5 Å². The first-order valence-corrected chi connectivity index (χ1v) is 13.0. The summed E-state index contributed by atoms with van der Waals surface area (Å²) < 4.78 is 22.4. The number of nitrogens with one attached hydrogen (secondary N) is 3. The van der Waals surface area contributed by atoms with Crippen LogP contribution in [0.4, 0.5) is 4.39 Å². The first kappa shape index (κ1) is 24.2. The number of benzene rings is 1. The van der Waals surface area contributed by atoms with Crippen LogP contribution in [0.15, 0.2) is 70.4 Å². The van der Waals surface area contributed by atoms with Crippen molar-refractivity contribution in [1.29, 1.82) is 0 Å². The molecule has 3 N–H and O–H groups in total. The number of para-hydroxylation sites is 1. The number of nitrogens with zero attached hydrogens (tertiary/aromatic N) is 6. The highest BCUT2D eigenvalue weighted by Gasteiger charge is 2.51. The molecule has 6 aromatic rings. The van der Waals surface area contributed by atoms with E-state index in [1.54, 1.807) is 23.1 Å². The van der Waals surface area contributed by atoms with Crippen molar-refractivity contribution in [2.75, 3.05) is 0 Å². The summed E-state index contributed by atoms with van der Waals surface area (Å²) in [6.07, 6.45) is 7.07. The number of hydrogen-bond acceptors (Lipinski definition) is 7. The van der Waals surface area contributed by atoms with Gasteiger partial charge in [0.1, 0.15) is 11.6 Å². The van der Waals surface area contributed by atoms with Gasteiger partial charge in [-0.1, -0.05) is 18.2 Å². The maximum Gasteiger partial charge on any atom is 0.437 e. The Morgan fingerprint density at radius 1 is 1.10 bits per heavy atom. The fourth-order valence-electron chi connectivity index (χ4n) is 5.57. The van der Waals surface area contributed by atoms with Gasteiger partial charge in [0.25, 0.3) is 0 Å². The fraction of sp³-hybridized carbons (Fsp3) is 0.250. The monoisotopic (exact) mass is 539 g/mol. The second-order valence-corrected chi connectivity index (χ2v) is 10.3. The topological polar surface area (TPSA) is 135 Å². The Bertz CT molecular complexity index is 1910. The molecule has 0 saturated carbocycles. The average Bonchev–Trinajstić information content (AvgIpc) is 3.74. The first-order chi connectivity index (χ1) is 19.3. The van der Waals surface area contributed by atoms with Crippen molar-refractivity contribution in [2.24, 2.45) is 7.05 Å². The van der Waals surface area contributed by atoms with E-state index >= 15 is 0 Å². The average molecular weight is 540 g/mol. The zero-order chi connectivity index (χ0) is 27.6. The number of fused-ring (bicyclic) bond motifs is 3. The third-order valence-electron chi connectivity index (χ3n) is 7.43. The van der Waals surface area contributed by atoms with Gasteiger partial charge in [0.15, 0.2) is 5.54 Å². The van der Waals surface area contributed by atoms with Crippen LogP contribution in [0, 0.1) is 5.82 Å². The molecule has 40 heavy (non-hydrogen) atoms. The van der Waals surface area contributed by atoms with Gasteiger partial charge in [-0.3, -0.25) is 15.0 Å². The van der Waals surface area contributed by atoms with Crippen LogP contribution in [0.25, 0.3) is 22.3 Å². The second-order valence-electron chi connectivity index (χ2n) is 10.3. The van der Waals surface area contributed by atoms with Gasteiger partial charge >= 0.3 is 5.76 Å². The largest absolute Gasteiger partial charge is 0.437 e. The highest BCUT2D eigenvalue weighted by Crippen LogP contribution is 2.45. The summed E-state index contributed by atoms with van der Waals surface area (Å²) in [6.45, 7) is 3.76. The summed E-state index contributed by atoms with van der Waals surface area (Å²) in [4.78, 5) is 28.8. The van der Waals surface area contributed by atoms with Crippen molar-refractivity contribution in [3.8, 4) is 11.4 Å². The molecule has 0 saturated heterocycles. The van der Waals surface area contributed by atoms with Crippen molar-refractivity contribution in [1.82, 2.24) is 44.8 Å². The third-order valence-corrected chi connectivity index (χ3v) is 7.43. The molecule has 6 heterocycles. The molecule has 1 aliphatic rings. The van der Waals surface area contributed by atoms with Crippen LogP contribution < -0.4 is 11.1 Å². The van der Waals surface area contributed by atoms with Gasteiger partial charge in [-0.25, -0.2) is 14.2 Å². The minimum atomic E-state index is -1.19. The standard InChI is InChI=1S/C28H26FN9O2/c1-15(2)38-27(39)40-26(36-38)28(16-11-32-37(3)14-16)24-19(18-6-4-5-7-20(18)33-24)10-22(35-28)25-31-13-23(34-25)21-9-8-17(29)12-30-21/h4-9,11-15,22,33,35H,10H2,1-3H3,(H,31,34)/t22-,28-/m1/s1. The Morgan fingerprint density at radius 2 is 1.95 bits per heavy atom. The van der Waals surface area contributed by atoms with Crippen LogP contribution in [-0.2, 0) is 19.0 Å². The SMILES string of the molecule is CC(C)n1nc([C@]2(c3cnn(C)c3)N[C@@H](c3ncc(-c4ccc(F)cn4)[nH]3)Cc3c2[nH]c2ccccc32)oc1=O. The Hall–Kier alpha value is -4.84. The lowest BCUT2D eigenvalue weighted by atomic mass is 9.79. The maximum absolute atomic E-state index is 13.5. The molecule has 0 spiro atoms. The lowest BCUT2D eigenvalue weighted by Gasteiger charge is -2.38. The summed E-state index contributed by atoms with van der Waals surface area (Å²) in [7, 11) is 1.83. The normalized spacial score (nSPS) is 19.0. The van der Waals surface area contributed by atoms with Crippen LogP contribution >= 0.6 is 0 Å². The molecule has 0 radical (unpaired) electrons. The summed E-state index contributed by atoms with van der Waals surface area (Å²) in [6, 6.07) is 10.5. The number of aryl methyl sites for hydroxylation is 1. The van der Waals surface area contributed by atoms with Crippen LogP contribution in [0.5, 0.6) is 0 Å². The van der Waals surface area contributed by atoms with E-state index in [4.69, 9.17) is 9.52 Å². The Kier molecular flexibility index (Phi) is 5.36. The molecule has 7 rings (SSSR count). The van der Waals surface area contributed by atoms with E-state index in [2.05, 4.69) is 36.4 Å². The van der Waals surface area contributed by atoms with Crippen molar-refractivity contribution < 1.29 is 8.81 Å². The fourth-order valence-corrected chi connectivity index (χ4v) is 5.57. The number of aromatic amines is 2. The molecular formula is C28H26FN9O2. The lowest BCUT2D eigenvalue weighted by molar-refractivity contribution is 0.284. The highest BCUT2D eigenvalue weighted by molar-refractivity contribution is 5.86. The van der Waals surface area contributed by atoms with E-state index in [1.807, 2.05) is 45.3 Å². The van der Waals surface area contributed by atoms with Gasteiger partial charge in [-0.05, 0) is 44.0 Å². The zero-order valence-electron chi connectivity index (χ0n) is 22.0. The number of H-pyrrole nitrogens is 2. The van der Waals surface area contributed by atoms with Gasteiger partial charge in [-0.15, -0.1) is 5.10 Å². The molecule has 5 aromatic heterocycles. The summed E-state index contributed by atoms with van der Waals surface area (Å²) >= 11 is 0. The molecule has 2 atom stereocenters. The van der Waals surface area contributed by atoms with Crippen molar-refractivity contribution in [3.63, 3.8) is 0 Å². The maximum atomic E-state index is 13.5. The predicted octanol–water partition coefficient (Wildman–Crippen LogP) is 3.74. The molecule has 202 valence electrons. The van der Waals surface area contributed by atoms with Crippen molar-refractivity contribution in [3.05, 3.63) is 106 Å². The molecule has 1 aromatic carbocycles. The first-order valence-electron chi connectivity index (χ1n) is 13.0. The minimum absolute atomic E-state index is 0.198. The van der Waals surface area contributed by atoms with Crippen LogP contribution in [0.2, 0.25) is 0 Å². The molecule has 0 aliphatic carbocycles. The molecule has 11 nitrogen and oxygen atoms in total. The second kappa shape index (κ2) is 8.85. The quantitative estimate of drug-likeness (QED) is 0.304. The van der Waals surface area contributed by atoms with Crippen molar-refractivity contribution in [2.45, 2.75) is 37.9 Å². The van der Waals surface area contributed by atoms with E-state index in [0.717, 1.165) is 27.7 Å².